The molecule has 85 heavy (non-hydrogen) atoms. The van der Waals surface area contributed by atoms with E-state index < -0.39 is 0 Å². The van der Waals surface area contributed by atoms with Crippen molar-refractivity contribution in [1.82, 2.24) is 15.0 Å². The molecule has 15 aromatic rings. The van der Waals surface area contributed by atoms with Crippen LogP contribution >= 0.6 is 0 Å². The molecule has 4 heteroatoms. The summed E-state index contributed by atoms with van der Waals surface area (Å²) in [5.41, 5.74) is 25.0. The van der Waals surface area contributed by atoms with Crippen LogP contribution in [-0.4, -0.2) is 15.0 Å². The van der Waals surface area contributed by atoms with Crippen LogP contribution in [0.15, 0.2) is 326 Å². The molecule has 0 saturated carbocycles. The first-order chi connectivity index (χ1) is 42.1. The maximum Gasteiger partial charge on any atom is 0.164 e. The third-order valence-corrected chi connectivity index (χ3v) is 16.1. The molecule has 0 fully saturated rings. The Balaban J connectivity index is 0.762. The van der Waals surface area contributed by atoms with Crippen molar-refractivity contribution in [2.24, 2.45) is 0 Å². The van der Waals surface area contributed by atoms with Crippen LogP contribution in [0.5, 0.6) is 0 Å². The smallest absolute Gasteiger partial charge is 0.164 e. The molecule has 0 aliphatic carbocycles. The lowest BCUT2D eigenvalue weighted by molar-refractivity contribution is 0.670. The molecule has 0 unspecified atom stereocenters. The predicted molar refractivity (Wildman–Crippen MR) is 352 cm³/mol. The van der Waals surface area contributed by atoms with Crippen molar-refractivity contribution >= 4 is 21.9 Å². The van der Waals surface area contributed by atoms with Gasteiger partial charge in [-0.1, -0.05) is 273 Å². The summed E-state index contributed by atoms with van der Waals surface area (Å²) in [6.07, 6.45) is 0. The van der Waals surface area contributed by atoms with Gasteiger partial charge in [-0.15, -0.1) is 0 Å². The monoisotopic (exact) mass is 1080 g/mol. The highest BCUT2D eigenvalue weighted by Gasteiger charge is 2.17. The van der Waals surface area contributed by atoms with E-state index in [-0.39, 0.29) is 0 Å². The second-order valence-electron chi connectivity index (χ2n) is 21.5. The molecule has 13 aromatic carbocycles. The van der Waals surface area contributed by atoms with Crippen molar-refractivity contribution in [3.63, 3.8) is 0 Å². The highest BCUT2D eigenvalue weighted by molar-refractivity contribution is 6.09. The van der Waals surface area contributed by atoms with Crippen LogP contribution in [0, 0.1) is 0 Å². The van der Waals surface area contributed by atoms with E-state index in [1.54, 1.807) is 0 Å². The van der Waals surface area contributed by atoms with Crippen LogP contribution in [0.4, 0.5) is 0 Å². The molecule has 0 bridgehead atoms. The van der Waals surface area contributed by atoms with Gasteiger partial charge in [-0.2, -0.15) is 0 Å². The van der Waals surface area contributed by atoms with Crippen LogP contribution in [0.3, 0.4) is 0 Å². The van der Waals surface area contributed by atoms with E-state index in [0.717, 1.165) is 99.8 Å². The lowest BCUT2D eigenvalue weighted by atomic mass is 9.94. The number of hydrogen-bond acceptors (Lipinski definition) is 4. The van der Waals surface area contributed by atoms with Gasteiger partial charge in [-0.05, 0) is 143 Å². The topological polar surface area (TPSA) is 51.8 Å². The van der Waals surface area contributed by atoms with Gasteiger partial charge in [0.1, 0.15) is 11.2 Å². The molecule has 2 heterocycles. The van der Waals surface area contributed by atoms with E-state index in [2.05, 4.69) is 309 Å². The van der Waals surface area contributed by atoms with Gasteiger partial charge in [0, 0.05) is 33.0 Å². The Bertz CT molecular complexity index is 4930. The lowest BCUT2D eigenvalue weighted by Gasteiger charge is -2.12. The molecule has 4 nitrogen and oxygen atoms in total. The van der Waals surface area contributed by atoms with Gasteiger partial charge < -0.3 is 4.42 Å². The van der Waals surface area contributed by atoms with Crippen LogP contribution in [-0.2, 0) is 0 Å². The highest BCUT2D eigenvalue weighted by Crippen LogP contribution is 2.39. The second-order valence-corrected chi connectivity index (χ2v) is 21.5. The molecule has 0 aliphatic heterocycles. The summed E-state index contributed by atoms with van der Waals surface area (Å²) >= 11 is 0. The summed E-state index contributed by atoms with van der Waals surface area (Å²) in [5, 5.41) is 2.22. The first-order valence-corrected chi connectivity index (χ1v) is 28.8. The molecule has 0 N–H and O–H groups in total. The summed E-state index contributed by atoms with van der Waals surface area (Å²) in [4.78, 5) is 15.8. The SMILES string of the molecule is c1ccc(-c2cccc(-c3cccc(-c4ccc(-c5nc(-c6ccc(-c7cccc(-c8cccc(-c9cccc(-c%10ccccc%10)c9)c8)c7)cc6)nc(-c6cccc(-c7cccc(-c8cccc9c8oc8ccccc89)c7)c6)n5)cc4)c3)c2)cc1. The lowest BCUT2D eigenvalue weighted by Crippen LogP contribution is -2.00. The summed E-state index contributed by atoms with van der Waals surface area (Å²) < 4.78 is 6.48. The Morgan fingerprint density at radius 3 is 0.847 bits per heavy atom. The van der Waals surface area contributed by atoms with Gasteiger partial charge in [0.15, 0.2) is 17.5 Å². The highest BCUT2D eigenvalue weighted by atomic mass is 16.3. The third kappa shape index (κ3) is 10.3. The van der Waals surface area contributed by atoms with E-state index in [0.29, 0.717) is 17.5 Å². The number of nitrogens with zero attached hydrogens (tertiary/aromatic N) is 3. The van der Waals surface area contributed by atoms with Crippen LogP contribution in [0.2, 0.25) is 0 Å². The molecular formula is C81H53N3O. The molecule has 0 atom stereocenters. The van der Waals surface area contributed by atoms with Gasteiger partial charge in [-0.3, -0.25) is 0 Å². The quantitative estimate of drug-likeness (QED) is 0.122. The zero-order chi connectivity index (χ0) is 56.5. The summed E-state index contributed by atoms with van der Waals surface area (Å²) in [6, 6.07) is 114. The third-order valence-electron chi connectivity index (χ3n) is 16.1. The fraction of sp³-hybridized carbons (Fsp3) is 0. The second kappa shape index (κ2) is 22.2. The largest absolute Gasteiger partial charge is 0.455 e. The molecular weight excluding hydrogens is 1030 g/mol. The number of benzene rings is 13. The van der Waals surface area contributed by atoms with Gasteiger partial charge in [0.2, 0.25) is 0 Å². The van der Waals surface area contributed by atoms with Crippen molar-refractivity contribution < 1.29 is 4.42 Å². The van der Waals surface area contributed by atoms with Crippen molar-refractivity contribution in [3.8, 4) is 134 Å². The molecule has 2 aromatic heterocycles. The molecule has 0 radical (unpaired) electrons. The van der Waals surface area contributed by atoms with E-state index in [9.17, 15) is 0 Å². The van der Waals surface area contributed by atoms with Gasteiger partial charge in [0.05, 0.1) is 0 Å². The summed E-state index contributed by atoms with van der Waals surface area (Å²) in [5.74, 6) is 1.77. The molecule has 0 saturated heterocycles. The maximum atomic E-state index is 6.48. The van der Waals surface area contributed by atoms with Crippen molar-refractivity contribution in [2.75, 3.05) is 0 Å². The van der Waals surface area contributed by atoms with E-state index in [4.69, 9.17) is 19.4 Å². The molecule has 0 spiro atoms. The Morgan fingerprint density at radius 1 is 0.176 bits per heavy atom. The fourth-order valence-electron chi connectivity index (χ4n) is 11.7. The first kappa shape index (κ1) is 50.6. The zero-order valence-electron chi connectivity index (χ0n) is 46.3. The number of furan rings is 1. The van der Waals surface area contributed by atoms with Gasteiger partial charge >= 0.3 is 0 Å². The van der Waals surface area contributed by atoms with E-state index >= 15 is 0 Å². The van der Waals surface area contributed by atoms with Crippen LogP contribution < -0.4 is 0 Å². The molecule has 0 aliphatic rings. The van der Waals surface area contributed by atoms with E-state index in [1.807, 2.05) is 12.1 Å². The Labute approximate surface area is 494 Å². The maximum absolute atomic E-state index is 6.48. The Kier molecular flexibility index (Phi) is 13.2. The van der Waals surface area contributed by atoms with Crippen molar-refractivity contribution in [2.45, 2.75) is 0 Å². The number of hydrogen-bond donors (Lipinski definition) is 0. The summed E-state index contributed by atoms with van der Waals surface area (Å²) in [6.45, 7) is 0. The average molecular weight is 1080 g/mol. The Hall–Kier alpha value is -11.3. The normalized spacial score (nSPS) is 11.3. The van der Waals surface area contributed by atoms with Gasteiger partial charge in [-0.25, -0.2) is 15.0 Å². The minimum atomic E-state index is 0.588. The number of aromatic nitrogens is 3. The van der Waals surface area contributed by atoms with E-state index in [1.165, 1.54) is 38.9 Å². The summed E-state index contributed by atoms with van der Waals surface area (Å²) in [7, 11) is 0. The predicted octanol–water partition coefficient (Wildman–Crippen LogP) is 21.8. The van der Waals surface area contributed by atoms with Crippen molar-refractivity contribution in [1.29, 1.82) is 0 Å². The van der Waals surface area contributed by atoms with Crippen LogP contribution in [0.25, 0.3) is 156 Å². The van der Waals surface area contributed by atoms with Gasteiger partial charge in [0.25, 0.3) is 0 Å². The molecule has 398 valence electrons. The van der Waals surface area contributed by atoms with Crippen molar-refractivity contribution in [3.05, 3.63) is 322 Å². The molecule has 0 amide bonds. The number of fused-ring (bicyclic) bond motifs is 3. The fourth-order valence-corrected chi connectivity index (χ4v) is 11.7. The first-order valence-electron chi connectivity index (χ1n) is 28.8. The zero-order valence-corrected chi connectivity index (χ0v) is 46.3. The minimum absolute atomic E-state index is 0.588. The van der Waals surface area contributed by atoms with Crippen LogP contribution in [0.1, 0.15) is 0 Å². The minimum Gasteiger partial charge on any atom is -0.455 e. The standard InChI is InChI=1S/C81H53N3O/c1-3-17-54(18-4-1)60-21-9-25-64(47-60)66-27-11-23-62(49-66)56-39-43-58(44-40-56)79-82-80(84-81(83-79)73-34-15-32-71(53-73)70-31-14-33-72(52-70)74-36-16-37-76-75-35-7-8-38-77(75)85-78(74)76)59-45-41-57(42-46-59)63-24-12-28-67(50-63)69-30-13-29-68(51-69)65-26-10-22-61(48-65)55-19-5-2-6-20-55/h1-53H. The number of para-hydroxylation sites is 2. The Morgan fingerprint density at radius 2 is 0.435 bits per heavy atom. The average Bonchev–Trinajstić information content (AvgIpc) is 3.95. The molecule has 15 rings (SSSR count). The number of rotatable bonds is 12.